The van der Waals surface area contributed by atoms with Gasteiger partial charge in [0, 0.05) is 5.56 Å². The van der Waals surface area contributed by atoms with Crippen LogP contribution in [0.3, 0.4) is 0 Å². The van der Waals surface area contributed by atoms with E-state index in [0.29, 0.717) is 0 Å². The number of nitrogens with two attached hydrogens (primary N) is 1. The molecule has 0 bridgehead atoms. The molecule has 0 aliphatic rings. The van der Waals surface area contributed by atoms with Gasteiger partial charge in [0.2, 0.25) is 10.0 Å². The maximum atomic E-state index is 11.6. The number of hydrogen-bond acceptors (Lipinski definition) is 3. The van der Waals surface area contributed by atoms with Crippen LogP contribution in [0.1, 0.15) is 18.9 Å². The Balaban J connectivity index is 2.65. The van der Waals surface area contributed by atoms with Gasteiger partial charge in [-0.05, 0) is 22.9 Å². The van der Waals surface area contributed by atoms with Gasteiger partial charge >= 0.3 is 0 Å². The van der Waals surface area contributed by atoms with Crippen molar-refractivity contribution in [3.63, 3.8) is 0 Å². The van der Waals surface area contributed by atoms with Gasteiger partial charge in [-0.3, -0.25) is 0 Å². The number of thiophene rings is 1. The quantitative estimate of drug-likeness (QED) is 0.936. The number of aryl methyl sites for hydroxylation is 1. The molecule has 2 aromatic rings. The van der Waals surface area contributed by atoms with E-state index in [4.69, 9.17) is 5.14 Å². The van der Waals surface area contributed by atoms with Crippen molar-refractivity contribution in [2.45, 2.75) is 24.0 Å². The van der Waals surface area contributed by atoms with Crippen molar-refractivity contribution in [2.24, 2.45) is 5.14 Å². The Morgan fingerprint density at radius 1 is 1.22 bits per heavy atom. The van der Waals surface area contributed by atoms with E-state index < -0.39 is 10.0 Å². The summed E-state index contributed by atoms with van der Waals surface area (Å²) in [6, 6.07) is 9.53. The van der Waals surface area contributed by atoms with Gasteiger partial charge in [0.15, 0.2) is 0 Å². The summed E-state index contributed by atoms with van der Waals surface area (Å²) in [6.07, 6.45) is 1.83. The Hall–Kier alpha value is -1.17. The highest BCUT2D eigenvalue weighted by Gasteiger charge is 2.20. The fourth-order valence-corrected chi connectivity index (χ4v) is 4.01. The summed E-state index contributed by atoms with van der Waals surface area (Å²) in [5.41, 5.74) is 2.73. The van der Waals surface area contributed by atoms with E-state index in [0.717, 1.165) is 29.5 Å². The van der Waals surface area contributed by atoms with E-state index in [-0.39, 0.29) is 4.21 Å². The minimum Gasteiger partial charge on any atom is -0.224 e. The fraction of sp³-hybridized carbons (Fsp3) is 0.231. The van der Waals surface area contributed by atoms with Crippen LogP contribution >= 0.6 is 11.3 Å². The van der Waals surface area contributed by atoms with Crippen LogP contribution in [-0.2, 0) is 16.4 Å². The predicted octanol–water partition coefficient (Wildman–Crippen LogP) is 3.02. The van der Waals surface area contributed by atoms with Gasteiger partial charge in [0.25, 0.3) is 0 Å². The number of benzene rings is 1. The van der Waals surface area contributed by atoms with Crippen molar-refractivity contribution in [1.29, 1.82) is 0 Å². The number of hydrogen-bond donors (Lipinski definition) is 1. The first-order chi connectivity index (χ1) is 8.54. The topological polar surface area (TPSA) is 60.2 Å². The van der Waals surface area contributed by atoms with Crippen LogP contribution in [0.5, 0.6) is 0 Å². The summed E-state index contributed by atoms with van der Waals surface area (Å²) in [7, 11) is -3.66. The molecule has 2 N–H and O–H groups in total. The Bertz CT molecular complexity index is 630. The molecule has 0 aliphatic heterocycles. The van der Waals surface area contributed by atoms with E-state index in [2.05, 4.69) is 6.92 Å². The summed E-state index contributed by atoms with van der Waals surface area (Å²) >= 11 is 1.20. The summed E-state index contributed by atoms with van der Waals surface area (Å²) in [5, 5.41) is 7.18. The maximum absolute atomic E-state index is 11.6. The van der Waals surface area contributed by atoms with Crippen LogP contribution in [0.25, 0.3) is 11.1 Å². The monoisotopic (exact) mass is 281 g/mol. The number of primary sulfonamides is 1. The molecule has 1 heterocycles. The van der Waals surface area contributed by atoms with Crippen LogP contribution in [0.15, 0.2) is 39.9 Å². The molecule has 1 aromatic heterocycles. The van der Waals surface area contributed by atoms with Crippen molar-refractivity contribution in [1.82, 2.24) is 0 Å². The van der Waals surface area contributed by atoms with Crippen molar-refractivity contribution in [3.05, 3.63) is 41.3 Å². The molecule has 2 rings (SSSR count). The molecule has 96 valence electrons. The fourth-order valence-electron chi connectivity index (χ4n) is 1.94. The molecule has 5 heteroatoms. The second-order valence-electron chi connectivity index (χ2n) is 4.08. The van der Waals surface area contributed by atoms with Gasteiger partial charge in [-0.2, -0.15) is 0 Å². The average molecular weight is 281 g/mol. The zero-order valence-corrected chi connectivity index (χ0v) is 11.7. The van der Waals surface area contributed by atoms with Crippen LogP contribution in [0, 0.1) is 0 Å². The third-order valence-electron chi connectivity index (χ3n) is 2.67. The highest BCUT2D eigenvalue weighted by atomic mass is 32.2. The Kier molecular flexibility index (Phi) is 3.85. The van der Waals surface area contributed by atoms with Crippen molar-refractivity contribution in [3.8, 4) is 11.1 Å². The first kappa shape index (κ1) is 13.3. The zero-order chi connectivity index (χ0) is 13.2. The van der Waals surface area contributed by atoms with Crippen molar-refractivity contribution in [2.75, 3.05) is 0 Å². The summed E-state index contributed by atoms with van der Waals surface area (Å²) in [6.45, 7) is 2.07. The Labute approximate surface area is 111 Å². The lowest BCUT2D eigenvalue weighted by Crippen LogP contribution is -2.11. The zero-order valence-electron chi connectivity index (χ0n) is 10.1. The number of sulfonamides is 1. The molecule has 0 spiro atoms. The maximum Gasteiger partial charge on any atom is 0.248 e. The normalized spacial score (nSPS) is 11.7. The summed E-state index contributed by atoms with van der Waals surface area (Å²) in [4.78, 5) is 0. The second kappa shape index (κ2) is 5.22. The number of rotatable bonds is 4. The molecule has 0 fully saturated rings. The van der Waals surface area contributed by atoms with Crippen molar-refractivity contribution < 1.29 is 8.42 Å². The standard InChI is InChI=1S/C13H15NO2S2/c1-2-6-11-9-17-13(18(14,15)16)12(11)10-7-4-3-5-8-10/h3-5,7-9H,2,6H2,1H3,(H2,14,15,16). The third-order valence-corrected chi connectivity index (χ3v) is 5.20. The predicted molar refractivity (Wildman–Crippen MR) is 75.1 cm³/mol. The van der Waals surface area contributed by atoms with Gasteiger partial charge in [0.1, 0.15) is 4.21 Å². The second-order valence-corrected chi connectivity index (χ2v) is 6.72. The van der Waals surface area contributed by atoms with E-state index >= 15 is 0 Å². The third kappa shape index (κ3) is 2.63. The van der Waals surface area contributed by atoms with Gasteiger partial charge in [-0.15, -0.1) is 11.3 Å². The lowest BCUT2D eigenvalue weighted by atomic mass is 10.0. The van der Waals surface area contributed by atoms with Crippen LogP contribution in [0.2, 0.25) is 0 Å². The molecule has 0 saturated heterocycles. The first-order valence-corrected chi connectivity index (χ1v) is 8.15. The van der Waals surface area contributed by atoms with E-state index in [1.54, 1.807) is 0 Å². The van der Waals surface area contributed by atoms with Crippen LogP contribution in [0.4, 0.5) is 0 Å². The van der Waals surface area contributed by atoms with Gasteiger partial charge in [0.05, 0.1) is 0 Å². The smallest absolute Gasteiger partial charge is 0.224 e. The molecular formula is C13H15NO2S2. The molecule has 0 aliphatic carbocycles. The summed E-state index contributed by atoms with van der Waals surface area (Å²) < 4.78 is 23.5. The molecule has 0 amide bonds. The van der Waals surface area contributed by atoms with E-state index in [1.807, 2.05) is 35.7 Å². The minimum atomic E-state index is -3.66. The lowest BCUT2D eigenvalue weighted by molar-refractivity contribution is 0.600. The molecule has 0 atom stereocenters. The average Bonchev–Trinajstić information content (AvgIpc) is 2.74. The van der Waals surface area contributed by atoms with Crippen LogP contribution < -0.4 is 5.14 Å². The molecule has 0 unspecified atom stereocenters. The largest absolute Gasteiger partial charge is 0.248 e. The molecule has 1 aromatic carbocycles. The van der Waals surface area contributed by atoms with Crippen LogP contribution in [-0.4, -0.2) is 8.42 Å². The molecule has 0 saturated carbocycles. The van der Waals surface area contributed by atoms with Gasteiger partial charge < -0.3 is 0 Å². The van der Waals surface area contributed by atoms with Crippen molar-refractivity contribution >= 4 is 21.4 Å². The van der Waals surface area contributed by atoms with E-state index in [9.17, 15) is 8.42 Å². The Morgan fingerprint density at radius 3 is 2.44 bits per heavy atom. The van der Waals surface area contributed by atoms with Gasteiger partial charge in [-0.25, -0.2) is 13.6 Å². The molecule has 0 radical (unpaired) electrons. The van der Waals surface area contributed by atoms with E-state index in [1.165, 1.54) is 11.3 Å². The highest BCUT2D eigenvalue weighted by Crippen LogP contribution is 2.36. The molecule has 3 nitrogen and oxygen atoms in total. The molecular weight excluding hydrogens is 266 g/mol. The first-order valence-electron chi connectivity index (χ1n) is 5.72. The highest BCUT2D eigenvalue weighted by molar-refractivity contribution is 7.91. The lowest BCUT2D eigenvalue weighted by Gasteiger charge is -2.06. The minimum absolute atomic E-state index is 0.261. The Morgan fingerprint density at radius 2 is 1.89 bits per heavy atom. The molecule has 18 heavy (non-hydrogen) atoms. The summed E-state index contributed by atoms with van der Waals surface area (Å²) in [5.74, 6) is 0. The SMILES string of the molecule is CCCc1csc(S(N)(=O)=O)c1-c1ccccc1. The van der Waals surface area contributed by atoms with Gasteiger partial charge in [-0.1, -0.05) is 43.7 Å².